The molecule has 1 rings (SSSR count). The Bertz CT molecular complexity index is 391. The van der Waals surface area contributed by atoms with Crippen LogP contribution in [0.5, 0.6) is 0 Å². The summed E-state index contributed by atoms with van der Waals surface area (Å²) in [6, 6.07) is 0.103. The van der Waals surface area contributed by atoms with Crippen molar-refractivity contribution in [2.45, 2.75) is 39.2 Å². The first-order chi connectivity index (χ1) is 8.79. The van der Waals surface area contributed by atoms with Crippen LogP contribution in [0, 0.1) is 5.92 Å². The van der Waals surface area contributed by atoms with Gasteiger partial charge in [-0.25, -0.2) is 17.5 Å². The monoisotopic (exact) mass is 291 g/mol. The lowest BCUT2D eigenvalue weighted by Crippen LogP contribution is -2.42. The number of hydrogen-bond donors (Lipinski definition) is 2. The van der Waals surface area contributed by atoms with E-state index in [0.717, 1.165) is 19.3 Å². The van der Waals surface area contributed by atoms with Crippen molar-refractivity contribution in [3.63, 3.8) is 0 Å². The van der Waals surface area contributed by atoms with Crippen LogP contribution in [0.25, 0.3) is 0 Å². The third kappa shape index (κ3) is 7.37. The van der Waals surface area contributed by atoms with Gasteiger partial charge in [0.2, 0.25) is 10.0 Å². The summed E-state index contributed by atoms with van der Waals surface area (Å²) in [4.78, 5) is 11.4. The number of amides is 2. The topological polar surface area (TPSA) is 78.5 Å². The number of nitrogens with zero attached hydrogens (tertiary/aromatic N) is 1. The molecule has 112 valence electrons. The van der Waals surface area contributed by atoms with Crippen LogP contribution in [0.2, 0.25) is 0 Å². The van der Waals surface area contributed by atoms with Gasteiger partial charge in [-0.2, -0.15) is 0 Å². The van der Waals surface area contributed by atoms with Crippen molar-refractivity contribution in [2.24, 2.45) is 5.92 Å². The molecule has 0 aromatic rings. The summed E-state index contributed by atoms with van der Waals surface area (Å²) >= 11 is 0. The summed E-state index contributed by atoms with van der Waals surface area (Å²) < 4.78 is 24.6. The lowest BCUT2D eigenvalue weighted by Gasteiger charge is -2.21. The minimum absolute atomic E-state index is 0.209. The Hall–Kier alpha value is -0.820. The zero-order valence-corrected chi connectivity index (χ0v) is 12.8. The summed E-state index contributed by atoms with van der Waals surface area (Å²) in [5.74, 6) is 0.454. The molecular formula is C12H25N3O3S. The highest BCUT2D eigenvalue weighted by Gasteiger charge is 2.23. The van der Waals surface area contributed by atoms with Crippen molar-refractivity contribution in [3.05, 3.63) is 0 Å². The molecule has 19 heavy (non-hydrogen) atoms. The SMILES string of the molecule is CC(C)CCN(CCNC(=O)NC1CC1)S(C)(=O)=O. The van der Waals surface area contributed by atoms with Crippen molar-refractivity contribution >= 4 is 16.1 Å². The first-order valence-electron chi connectivity index (χ1n) is 6.78. The molecule has 0 aliphatic heterocycles. The highest BCUT2D eigenvalue weighted by Crippen LogP contribution is 2.18. The summed E-state index contributed by atoms with van der Waals surface area (Å²) in [5.41, 5.74) is 0. The maximum atomic E-state index is 11.6. The number of carbonyl (C=O) groups is 1. The normalized spacial score (nSPS) is 15.8. The van der Waals surface area contributed by atoms with Crippen molar-refractivity contribution in [1.29, 1.82) is 0 Å². The predicted octanol–water partition coefficient (Wildman–Crippen LogP) is 0.756. The zero-order chi connectivity index (χ0) is 14.5. The molecule has 6 nitrogen and oxygen atoms in total. The molecule has 1 saturated carbocycles. The number of carbonyl (C=O) groups excluding carboxylic acids is 1. The fraction of sp³-hybridized carbons (Fsp3) is 0.917. The van der Waals surface area contributed by atoms with E-state index in [0.29, 0.717) is 31.6 Å². The second-order valence-corrected chi connectivity index (χ2v) is 7.50. The first kappa shape index (κ1) is 16.2. The van der Waals surface area contributed by atoms with E-state index in [4.69, 9.17) is 0 Å². The largest absolute Gasteiger partial charge is 0.337 e. The molecule has 0 aromatic heterocycles. The molecular weight excluding hydrogens is 266 g/mol. The molecule has 0 spiro atoms. The molecule has 7 heteroatoms. The summed E-state index contributed by atoms with van der Waals surface area (Å²) in [5, 5.41) is 5.49. The van der Waals surface area contributed by atoms with E-state index in [1.54, 1.807) is 0 Å². The average molecular weight is 291 g/mol. The average Bonchev–Trinajstić information content (AvgIpc) is 3.04. The van der Waals surface area contributed by atoms with Gasteiger partial charge in [-0.1, -0.05) is 13.8 Å². The van der Waals surface area contributed by atoms with Crippen LogP contribution < -0.4 is 10.6 Å². The first-order valence-corrected chi connectivity index (χ1v) is 8.63. The van der Waals surface area contributed by atoms with Gasteiger partial charge in [0.15, 0.2) is 0 Å². The predicted molar refractivity (Wildman–Crippen MR) is 75.4 cm³/mol. The minimum atomic E-state index is -3.21. The van der Waals surface area contributed by atoms with E-state index >= 15 is 0 Å². The van der Waals surface area contributed by atoms with E-state index in [2.05, 4.69) is 24.5 Å². The Morgan fingerprint density at radius 3 is 2.42 bits per heavy atom. The summed E-state index contributed by atoms with van der Waals surface area (Å²) in [7, 11) is -3.21. The molecule has 0 saturated heterocycles. The third-order valence-corrected chi connectivity index (χ3v) is 4.29. The standard InChI is InChI=1S/C12H25N3O3S/c1-10(2)6-8-15(19(3,17)18)9-7-13-12(16)14-11-4-5-11/h10-11H,4-9H2,1-3H3,(H2,13,14,16). The molecule has 0 unspecified atom stereocenters. The molecule has 0 bridgehead atoms. The van der Waals surface area contributed by atoms with E-state index < -0.39 is 10.0 Å². The molecule has 0 radical (unpaired) electrons. The van der Waals surface area contributed by atoms with Crippen LogP contribution in [0.15, 0.2) is 0 Å². The Morgan fingerprint density at radius 2 is 1.95 bits per heavy atom. The molecule has 0 heterocycles. The lowest BCUT2D eigenvalue weighted by molar-refractivity contribution is 0.239. The van der Waals surface area contributed by atoms with Crippen LogP contribution in [0.4, 0.5) is 4.79 Å². The maximum absolute atomic E-state index is 11.6. The quantitative estimate of drug-likeness (QED) is 0.693. The third-order valence-electron chi connectivity index (χ3n) is 2.98. The highest BCUT2D eigenvalue weighted by atomic mass is 32.2. The zero-order valence-electron chi connectivity index (χ0n) is 12.0. The molecule has 2 N–H and O–H groups in total. The second-order valence-electron chi connectivity index (χ2n) is 5.52. The van der Waals surface area contributed by atoms with E-state index in [1.807, 2.05) is 0 Å². The minimum Gasteiger partial charge on any atom is -0.337 e. The van der Waals surface area contributed by atoms with Gasteiger partial charge in [0.1, 0.15) is 0 Å². The fourth-order valence-corrected chi connectivity index (χ4v) is 2.46. The number of nitrogens with one attached hydrogen (secondary N) is 2. The van der Waals surface area contributed by atoms with Gasteiger partial charge in [0, 0.05) is 25.7 Å². The number of rotatable bonds is 8. The molecule has 2 amide bonds. The van der Waals surface area contributed by atoms with Crippen LogP contribution in [-0.2, 0) is 10.0 Å². The van der Waals surface area contributed by atoms with Crippen molar-refractivity contribution in [1.82, 2.24) is 14.9 Å². The van der Waals surface area contributed by atoms with Crippen molar-refractivity contribution in [3.8, 4) is 0 Å². The summed E-state index contributed by atoms with van der Waals surface area (Å²) in [6.45, 7) is 5.28. The fourth-order valence-electron chi connectivity index (χ4n) is 1.60. The molecule has 1 aliphatic carbocycles. The number of hydrogen-bond acceptors (Lipinski definition) is 3. The Kier molecular flexibility index (Phi) is 6.06. The van der Waals surface area contributed by atoms with Gasteiger partial charge in [-0.15, -0.1) is 0 Å². The Morgan fingerprint density at radius 1 is 1.32 bits per heavy atom. The van der Waals surface area contributed by atoms with Crippen LogP contribution >= 0.6 is 0 Å². The van der Waals surface area contributed by atoms with E-state index in [9.17, 15) is 13.2 Å². The maximum Gasteiger partial charge on any atom is 0.315 e. The van der Waals surface area contributed by atoms with Gasteiger partial charge in [-0.3, -0.25) is 0 Å². The second kappa shape index (κ2) is 7.09. The van der Waals surface area contributed by atoms with Gasteiger partial charge in [0.05, 0.1) is 6.26 Å². The highest BCUT2D eigenvalue weighted by molar-refractivity contribution is 7.88. The smallest absolute Gasteiger partial charge is 0.315 e. The summed E-state index contributed by atoms with van der Waals surface area (Å²) in [6.07, 6.45) is 4.10. The molecule has 0 aromatic carbocycles. The molecule has 0 atom stereocenters. The van der Waals surface area contributed by atoms with Gasteiger partial charge < -0.3 is 10.6 Å². The molecule has 1 aliphatic rings. The van der Waals surface area contributed by atoms with Crippen molar-refractivity contribution in [2.75, 3.05) is 25.9 Å². The lowest BCUT2D eigenvalue weighted by atomic mass is 10.1. The molecule has 1 fully saturated rings. The van der Waals surface area contributed by atoms with Crippen LogP contribution in [-0.4, -0.2) is 50.7 Å². The number of sulfonamides is 1. The van der Waals surface area contributed by atoms with Gasteiger partial charge >= 0.3 is 6.03 Å². The Labute approximate surface area is 116 Å². The van der Waals surface area contributed by atoms with Gasteiger partial charge in [0.25, 0.3) is 0 Å². The van der Waals surface area contributed by atoms with Crippen LogP contribution in [0.1, 0.15) is 33.1 Å². The van der Waals surface area contributed by atoms with E-state index in [1.165, 1.54) is 10.6 Å². The van der Waals surface area contributed by atoms with Crippen LogP contribution in [0.3, 0.4) is 0 Å². The number of urea groups is 1. The Balaban J connectivity index is 2.29. The van der Waals surface area contributed by atoms with Crippen molar-refractivity contribution < 1.29 is 13.2 Å². The van der Waals surface area contributed by atoms with E-state index in [-0.39, 0.29) is 6.03 Å². The van der Waals surface area contributed by atoms with Gasteiger partial charge in [-0.05, 0) is 25.2 Å².